The highest BCUT2D eigenvalue weighted by Crippen LogP contribution is 2.30. The Bertz CT molecular complexity index is 504. The topological polar surface area (TPSA) is 28.0 Å². The van der Waals surface area contributed by atoms with Crippen molar-refractivity contribution >= 4 is 55.5 Å². The van der Waals surface area contributed by atoms with Gasteiger partial charge >= 0.3 is 0 Å². The Morgan fingerprint density at radius 2 is 2.21 bits per heavy atom. The lowest BCUT2D eigenvalue weighted by Crippen LogP contribution is -2.28. The van der Waals surface area contributed by atoms with Crippen LogP contribution in [0.15, 0.2) is 40.3 Å². The van der Waals surface area contributed by atoms with E-state index in [2.05, 4.69) is 25.8 Å². The predicted molar refractivity (Wildman–Crippen MR) is 90.2 cm³/mol. The maximum Gasteiger partial charge on any atom is 0.170 e. The summed E-state index contributed by atoms with van der Waals surface area (Å²) in [5.74, 6) is 1.09. The average Bonchev–Trinajstić information content (AvgIpc) is 3.08. The Hall–Kier alpha value is -0.460. The van der Waals surface area contributed by atoms with E-state index < -0.39 is 0 Å². The number of para-hydroxylation sites is 1. The van der Waals surface area contributed by atoms with Crippen LogP contribution in [0.2, 0.25) is 0 Å². The van der Waals surface area contributed by atoms with Gasteiger partial charge in [0.15, 0.2) is 10.3 Å². The van der Waals surface area contributed by atoms with Gasteiger partial charge in [0.05, 0.1) is 12.2 Å². The Kier molecular flexibility index (Phi) is 4.50. The summed E-state index contributed by atoms with van der Waals surface area (Å²) >= 11 is 7.20. The summed E-state index contributed by atoms with van der Waals surface area (Å²) in [6, 6.07) is 10.1. The third-order valence-corrected chi connectivity index (χ3v) is 6.24. The highest BCUT2D eigenvalue weighted by molar-refractivity contribution is 9.09. The SMILES string of the molecule is BrC[C@H]1CN=C(N2CCSC2=Nc2ccccc2)S1. The van der Waals surface area contributed by atoms with Crippen LogP contribution >= 0.6 is 39.5 Å². The number of aliphatic imine (C=N–C) groups is 2. The number of halogens is 1. The van der Waals surface area contributed by atoms with E-state index in [1.54, 1.807) is 0 Å². The highest BCUT2D eigenvalue weighted by atomic mass is 79.9. The van der Waals surface area contributed by atoms with Gasteiger partial charge in [-0.1, -0.05) is 57.7 Å². The molecule has 1 aromatic carbocycles. The van der Waals surface area contributed by atoms with Crippen LogP contribution in [0.25, 0.3) is 0 Å². The van der Waals surface area contributed by atoms with E-state index in [0.29, 0.717) is 5.25 Å². The van der Waals surface area contributed by atoms with Crippen molar-refractivity contribution in [2.75, 3.05) is 24.2 Å². The second-order valence-electron chi connectivity index (χ2n) is 4.25. The summed E-state index contributed by atoms with van der Waals surface area (Å²) in [4.78, 5) is 11.6. The number of thioether (sulfide) groups is 2. The summed E-state index contributed by atoms with van der Waals surface area (Å²) in [5, 5.41) is 3.77. The van der Waals surface area contributed by atoms with Gasteiger partial charge in [-0.2, -0.15) is 0 Å². The summed E-state index contributed by atoms with van der Waals surface area (Å²) in [6.45, 7) is 1.92. The van der Waals surface area contributed by atoms with Crippen molar-refractivity contribution in [1.29, 1.82) is 0 Å². The van der Waals surface area contributed by atoms with Crippen molar-refractivity contribution < 1.29 is 0 Å². The molecule has 0 N–H and O–H groups in total. The molecule has 3 rings (SSSR count). The molecule has 100 valence electrons. The predicted octanol–water partition coefficient (Wildman–Crippen LogP) is 3.59. The molecule has 0 bridgehead atoms. The first-order valence-electron chi connectivity index (χ1n) is 6.18. The van der Waals surface area contributed by atoms with Crippen LogP contribution in [-0.4, -0.2) is 44.7 Å². The summed E-state index contributed by atoms with van der Waals surface area (Å²) in [6.07, 6.45) is 0. The minimum atomic E-state index is 0.568. The zero-order chi connectivity index (χ0) is 13.1. The molecule has 0 radical (unpaired) electrons. The fraction of sp³-hybridized carbons (Fsp3) is 0.385. The molecule has 2 heterocycles. The largest absolute Gasteiger partial charge is 0.299 e. The van der Waals surface area contributed by atoms with E-state index in [1.807, 2.05) is 53.9 Å². The second-order valence-corrected chi connectivity index (χ2v) is 7.22. The third kappa shape index (κ3) is 3.17. The molecule has 2 aliphatic heterocycles. The van der Waals surface area contributed by atoms with Gasteiger partial charge in [0.1, 0.15) is 0 Å². The van der Waals surface area contributed by atoms with Gasteiger partial charge in [0.2, 0.25) is 0 Å². The van der Waals surface area contributed by atoms with Gasteiger partial charge in [-0.25, -0.2) is 4.99 Å². The van der Waals surface area contributed by atoms with E-state index in [-0.39, 0.29) is 0 Å². The maximum absolute atomic E-state index is 4.73. The molecule has 0 amide bonds. The third-order valence-electron chi connectivity index (χ3n) is 2.86. The molecule has 1 atom stereocenters. The number of amidine groups is 2. The molecule has 1 saturated heterocycles. The van der Waals surface area contributed by atoms with Gasteiger partial charge in [-0.15, -0.1) is 0 Å². The fourth-order valence-corrected chi connectivity index (χ4v) is 4.50. The van der Waals surface area contributed by atoms with Crippen LogP contribution in [0.4, 0.5) is 5.69 Å². The number of alkyl halides is 1. The lowest BCUT2D eigenvalue weighted by molar-refractivity contribution is 0.688. The molecule has 2 aliphatic rings. The quantitative estimate of drug-likeness (QED) is 0.758. The van der Waals surface area contributed by atoms with E-state index in [9.17, 15) is 0 Å². The maximum atomic E-state index is 4.73. The minimum absolute atomic E-state index is 0.568. The molecule has 0 unspecified atom stereocenters. The minimum Gasteiger partial charge on any atom is -0.299 e. The first kappa shape index (κ1) is 13.5. The zero-order valence-corrected chi connectivity index (χ0v) is 13.5. The first-order valence-corrected chi connectivity index (χ1v) is 9.16. The molecule has 3 nitrogen and oxygen atoms in total. The molecular weight excluding hydrogens is 342 g/mol. The fourth-order valence-electron chi connectivity index (χ4n) is 1.92. The van der Waals surface area contributed by atoms with Crippen LogP contribution in [0.5, 0.6) is 0 Å². The monoisotopic (exact) mass is 355 g/mol. The van der Waals surface area contributed by atoms with E-state index in [1.165, 1.54) is 0 Å². The van der Waals surface area contributed by atoms with Crippen molar-refractivity contribution in [1.82, 2.24) is 4.90 Å². The smallest absolute Gasteiger partial charge is 0.170 e. The summed E-state index contributed by atoms with van der Waals surface area (Å²) < 4.78 is 0. The Morgan fingerprint density at radius 1 is 1.37 bits per heavy atom. The molecule has 1 aromatic rings. The number of hydrogen-bond donors (Lipinski definition) is 0. The Morgan fingerprint density at radius 3 is 2.95 bits per heavy atom. The standard InChI is InChI=1S/C13H14BrN3S2/c14-8-11-9-15-12(19-11)17-6-7-18-13(17)16-10-4-2-1-3-5-10/h1-5,11H,6-9H2/t11-/m0/s1. The van der Waals surface area contributed by atoms with E-state index >= 15 is 0 Å². The normalized spacial score (nSPS) is 25.1. The van der Waals surface area contributed by atoms with Crippen LogP contribution in [0, 0.1) is 0 Å². The molecular formula is C13H14BrN3S2. The van der Waals surface area contributed by atoms with Crippen LogP contribution in [-0.2, 0) is 0 Å². The average molecular weight is 356 g/mol. The molecule has 19 heavy (non-hydrogen) atoms. The van der Waals surface area contributed by atoms with E-state index in [4.69, 9.17) is 4.99 Å². The van der Waals surface area contributed by atoms with E-state index in [0.717, 1.165) is 40.2 Å². The van der Waals surface area contributed by atoms with Crippen molar-refractivity contribution in [2.24, 2.45) is 9.98 Å². The van der Waals surface area contributed by atoms with Crippen molar-refractivity contribution in [3.8, 4) is 0 Å². The van der Waals surface area contributed by atoms with Crippen LogP contribution in [0.3, 0.4) is 0 Å². The Balaban J connectivity index is 1.77. The molecule has 0 aliphatic carbocycles. The number of rotatable bonds is 2. The van der Waals surface area contributed by atoms with Gasteiger partial charge < -0.3 is 0 Å². The molecule has 0 saturated carbocycles. The number of nitrogens with zero attached hydrogens (tertiary/aromatic N) is 3. The second kappa shape index (κ2) is 6.33. The van der Waals surface area contributed by atoms with Crippen molar-refractivity contribution in [2.45, 2.75) is 5.25 Å². The molecule has 6 heteroatoms. The number of benzene rings is 1. The lowest BCUT2D eigenvalue weighted by Gasteiger charge is -2.17. The molecule has 0 aromatic heterocycles. The Labute approximate surface area is 130 Å². The molecule has 0 spiro atoms. The zero-order valence-electron chi connectivity index (χ0n) is 10.3. The first-order chi connectivity index (χ1) is 9.36. The van der Waals surface area contributed by atoms with Crippen molar-refractivity contribution in [3.63, 3.8) is 0 Å². The lowest BCUT2D eigenvalue weighted by atomic mass is 10.3. The molecule has 1 fully saturated rings. The number of hydrogen-bond acceptors (Lipinski definition) is 4. The van der Waals surface area contributed by atoms with Gasteiger partial charge in [0, 0.05) is 22.9 Å². The summed E-state index contributed by atoms with van der Waals surface area (Å²) in [7, 11) is 0. The van der Waals surface area contributed by atoms with Gasteiger partial charge in [-0.3, -0.25) is 9.89 Å². The highest BCUT2D eigenvalue weighted by Gasteiger charge is 2.29. The van der Waals surface area contributed by atoms with Gasteiger partial charge in [-0.05, 0) is 12.1 Å². The summed E-state index contributed by atoms with van der Waals surface area (Å²) in [5.41, 5.74) is 1.01. The van der Waals surface area contributed by atoms with Crippen LogP contribution < -0.4 is 0 Å². The van der Waals surface area contributed by atoms with Crippen LogP contribution in [0.1, 0.15) is 0 Å². The van der Waals surface area contributed by atoms with Crippen molar-refractivity contribution in [3.05, 3.63) is 30.3 Å². The van der Waals surface area contributed by atoms with Gasteiger partial charge in [0.25, 0.3) is 0 Å².